The number of aromatic amines is 1. The van der Waals surface area contributed by atoms with E-state index in [1.807, 2.05) is 29.7 Å². The van der Waals surface area contributed by atoms with E-state index in [9.17, 15) is 18.7 Å². The number of rotatable bonds is 7. The van der Waals surface area contributed by atoms with Gasteiger partial charge < -0.3 is 19.4 Å². The molecule has 0 aliphatic heterocycles. The second-order valence-electron chi connectivity index (χ2n) is 7.11. The number of aromatic nitrogens is 3. The summed E-state index contributed by atoms with van der Waals surface area (Å²) in [7, 11) is 0. The monoisotopic (exact) mass is 425 g/mol. The fourth-order valence-corrected chi connectivity index (χ4v) is 3.53. The molecule has 2 aromatic heterocycles. The SMILES string of the molecule is CCC(O)c1nc2ccc(-c3ccc(=O)[nH]c3)cc2n1Cc1ccccc1OC(F)F. The van der Waals surface area contributed by atoms with E-state index in [-0.39, 0.29) is 17.9 Å². The van der Waals surface area contributed by atoms with Gasteiger partial charge in [0, 0.05) is 17.8 Å². The normalized spacial score (nSPS) is 12.4. The summed E-state index contributed by atoms with van der Waals surface area (Å²) in [6.07, 6.45) is 1.26. The van der Waals surface area contributed by atoms with E-state index in [0.717, 1.165) is 16.6 Å². The number of halogens is 2. The molecule has 0 radical (unpaired) electrons. The van der Waals surface area contributed by atoms with Crippen molar-refractivity contribution < 1.29 is 18.6 Å². The van der Waals surface area contributed by atoms with Gasteiger partial charge in [-0.2, -0.15) is 8.78 Å². The molecular formula is C23H21F2N3O3. The van der Waals surface area contributed by atoms with Crippen LogP contribution in [0.2, 0.25) is 0 Å². The molecular weight excluding hydrogens is 404 g/mol. The highest BCUT2D eigenvalue weighted by atomic mass is 19.3. The highest BCUT2D eigenvalue weighted by molar-refractivity contribution is 5.82. The van der Waals surface area contributed by atoms with Crippen LogP contribution < -0.4 is 10.3 Å². The van der Waals surface area contributed by atoms with Gasteiger partial charge in [0.15, 0.2) is 0 Å². The van der Waals surface area contributed by atoms with E-state index in [2.05, 4.69) is 14.7 Å². The molecule has 2 heterocycles. The first kappa shape index (κ1) is 20.7. The number of H-pyrrole nitrogens is 1. The summed E-state index contributed by atoms with van der Waals surface area (Å²) in [6, 6.07) is 15.3. The lowest BCUT2D eigenvalue weighted by Gasteiger charge is -2.16. The average molecular weight is 425 g/mol. The van der Waals surface area contributed by atoms with Crippen molar-refractivity contribution in [3.05, 3.63) is 82.5 Å². The maximum absolute atomic E-state index is 12.9. The fraction of sp³-hybridized carbons (Fsp3) is 0.217. The van der Waals surface area contributed by atoms with Crippen LogP contribution >= 0.6 is 0 Å². The molecule has 2 N–H and O–H groups in total. The number of aliphatic hydroxyl groups is 1. The number of hydrogen-bond acceptors (Lipinski definition) is 4. The van der Waals surface area contributed by atoms with Crippen LogP contribution in [0.25, 0.3) is 22.2 Å². The van der Waals surface area contributed by atoms with E-state index in [4.69, 9.17) is 0 Å². The quantitative estimate of drug-likeness (QED) is 0.457. The lowest BCUT2D eigenvalue weighted by atomic mass is 10.1. The maximum atomic E-state index is 12.9. The molecule has 2 aromatic carbocycles. The first-order chi connectivity index (χ1) is 15.0. The van der Waals surface area contributed by atoms with E-state index in [1.54, 1.807) is 30.5 Å². The van der Waals surface area contributed by atoms with Crippen molar-refractivity contribution in [3.63, 3.8) is 0 Å². The van der Waals surface area contributed by atoms with Crippen LogP contribution in [-0.4, -0.2) is 26.3 Å². The van der Waals surface area contributed by atoms with Crippen molar-refractivity contribution in [3.8, 4) is 16.9 Å². The van der Waals surface area contributed by atoms with Crippen molar-refractivity contribution in [2.45, 2.75) is 32.6 Å². The number of fused-ring (bicyclic) bond motifs is 1. The Bertz CT molecular complexity index is 1250. The van der Waals surface area contributed by atoms with Crippen LogP contribution in [-0.2, 0) is 6.54 Å². The number of nitrogens with one attached hydrogen (secondary N) is 1. The Morgan fingerprint density at radius 1 is 1.13 bits per heavy atom. The molecule has 0 amide bonds. The third kappa shape index (κ3) is 4.34. The summed E-state index contributed by atoms with van der Waals surface area (Å²) in [5, 5.41) is 10.5. The predicted octanol–water partition coefficient (Wildman–Crippen LogP) is 4.48. The van der Waals surface area contributed by atoms with Gasteiger partial charge in [0.05, 0.1) is 17.6 Å². The number of aliphatic hydroxyl groups excluding tert-OH is 1. The number of alkyl halides is 2. The van der Waals surface area contributed by atoms with Crippen LogP contribution in [0.3, 0.4) is 0 Å². The first-order valence-corrected chi connectivity index (χ1v) is 9.86. The molecule has 0 bridgehead atoms. The van der Waals surface area contributed by atoms with Crippen LogP contribution in [0.15, 0.2) is 65.6 Å². The van der Waals surface area contributed by atoms with Gasteiger partial charge in [-0.3, -0.25) is 4.79 Å². The summed E-state index contributed by atoms with van der Waals surface area (Å²) in [6.45, 7) is -0.900. The number of pyridine rings is 1. The summed E-state index contributed by atoms with van der Waals surface area (Å²) >= 11 is 0. The van der Waals surface area contributed by atoms with E-state index in [1.165, 1.54) is 12.1 Å². The number of ether oxygens (including phenoxy) is 1. The van der Waals surface area contributed by atoms with Crippen molar-refractivity contribution in [1.82, 2.24) is 14.5 Å². The minimum Gasteiger partial charge on any atom is -0.434 e. The van der Waals surface area contributed by atoms with Gasteiger partial charge in [-0.1, -0.05) is 31.2 Å². The van der Waals surface area contributed by atoms with Crippen molar-refractivity contribution in [2.75, 3.05) is 0 Å². The third-order valence-corrected chi connectivity index (χ3v) is 5.10. The minimum atomic E-state index is -2.94. The first-order valence-electron chi connectivity index (χ1n) is 9.86. The van der Waals surface area contributed by atoms with Crippen LogP contribution in [0.1, 0.15) is 30.8 Å². The largest absolute Gasteiger partial charge is 0.434 e. The zero-order chi connectivity index (χ0) is 22.0. The van der Waals surface area contributed by atoms with Crippen molar-refractivity contribution in [2.24, 2.45) is 0 Å². The molecule has 0 aliphatic carbocycles. The molecule has 0 saturated heterocycles. The van der Waals surface area contributed by atoms with Gasteiger partial charge in [-0.05, 0) is 41.8 Å². The molecule has 0 fully saturated rings. The van der Waals surface area contributed by atoms with E-state index >= 15 is 0 Å². The topological polar surface area (TPSA) is 80.1 Å². The van der Waals surface area contributed by atoms with Crippen LogP contribution in [0.4, 0.5) is 8.78 Å². The molecule has 0 spiro atoms. The smallest absolute Gasteiger partial charge is 0.387 e. The highest BCUT2D eigenvalue weighted by Crippen LogP contribution is 2.30. The Labute approximate surface area is 176 Å². The molecule has 0 saturated carbocycles. The Morgan fingerprint density at radius 2 is 1.90 bits per heavy atom. The number of para-hydroxylation sites is 1. The Kier molecular flexibility index (Phi) is 5.81. The predicted molar refractivity (Wildman–Crippen MR) is 113 cm³/mol. The highest BCUT2D eigenvalue weighted by Gasteiger charge is 2.19. The second-order valence-corrected chi connectivity index (χ2v) is 7.11. The van der Waals surface area contributed by atoms with Gasteiger partial charge in [0.1, 0.15) is 17.7 Å². The van der Waals surface area contributed by atoms with E-state index < -0.39 is 12.7 Å². The molecule has 1 unspecified atom stereocenters. The molecule has 160 valence electrons. The number of nitrogens with zero attached hydrogens (tertiary/aromatic N) is 2. The zero-order valence-electron chi connectivity index (χ0n) is 16.8. The number of benzene rings is 2. The Hall–Kier alpha value is -3.52. The Morgan fingerprint density at radius 3 is 2.61 bits per heavy atom. The molecule has 6 nitrogen and oxygen atoms in total. The second kappa shape index (κ2) is 8.69. The lowest BCUT2D eigenvalue weighted by molar-refractivity contribution is -0.0505. The van der Waals surface area contributed by atoms with Gasteiger partial charge >= 0.3 is 6.61 Å². The van der Waals surface area contributed by atoms with Crippen molar-refractivity contribution in [1.29, 1.82) is 0 Å². The number of imidazole rings is 1. The van der Waals surface area contributed by atoms with Gasteiger partial charge in [0.25, 0.3) is 0 Å². The molecule has 4 rings (SSSR count). The molecule has 4 aromatic rings. The number of hydrogen-bond donors (Lipinski definition) is 2. The molecule has 8 heteroatoms. The summed E-state index contributed by atoms with van der Waals surface area (Å²) in [5.41, 5.74) is 3.41. The molecule has 0 aliphatic rings. The Balaban J connectivity index is 1.84. The van der Waals surface area contributed by atoms with Crippen LogP contribution in [0, 0.1) is 0 Å². The fourth-order valence-electron chi connectivity index (χ4n) is 3.53. The zero-order valence-corrected chi connectivity index (χ0v) is 16.8. The lowest BCUT2D eigenvalue weighted by Crippen LogP contribution is -2.11. The minimum absolute atomic E-state index is 0.0769. The summed E-state index contributed by atoms with van der Waals surface area (Å²) in [5.74, 6) is 0.524. The molecule has 31 heavy (non-hydrogen) atoms. The van der Waals surface area contributed by atoms with Crippen molar-refractivity contribution >= 4 is 11.0 Å². The third-order valence-electron chi connectivity index (χ3n) is 5.10. The van der Waals surface area contributed by atoms with Gasteiger partial charge in [-0.25, -0.2) is 4.98 Å². The summed E-state index contributed by atoms with van der Waals surface area (Å²) in [4.78, 5) is 18.6. The van der Waals surface area contributed by atoms with Crippen LogP contribution in [0.5, 0.6) is 5.75 Å². The van der Waals surface area contributed by atoms with Gasteiger partial charge in [0.2, 0.25) is 5.56 Å². The standard InChI is InChI=1S/C23H21F2N3O3/c1-2-19(29)22-27-17-9-7-14(15-8-10-21(30)26-12-15)11-18(17)28(22)13-16-5-3-4-6-20(16)31-23(24)25/h3-12,19,23,29H,2,13H2,1H3,(H,26,30). The maximum Gasteiger partial charge on any atom is 0.387 e. The van der Waals surface area contributed by atoms with E-state index in [0.29, 0.717) is 23.3 Å². The summed E-state index contributed by atoms with van der Waals surface area (Å²) < 4.78 is 32.2. The average Bonchev–Trinajstić information content (AvgIpc) is 3.12. The van der Waals surface area contributed by atoms with Gasteiger partial charge in [-0.15, -0.1) is 0 Å². The molecule has 1 atom stereocenters.